The number of hydrogen-bond acceptors (Lipinski definition) is 2. The van der Waals surface area contributed by atoms with Crippen molar-refractivity contribution >= 4 is 18.4 Å². The maximum Gasteiger partial charge on any atom is 0.0898 e. The highest BCUT2D eigenvalue weighted by Crippen LogP contribution is 2.12. The molecule has 0 saturated carbocycles. The van der Waals surface area contributed by atoms with Crippen molar-refractivity contribution in [1.82, 2.24) is 0 Å². The zero-order valence-electron chi connectivity index (χ0n) is 12.9. The first kappa shape index (κ1) is 20.0. The second-order valence-electron chi connectivity index (χ2n) is 5.74. The summed E-state index contributed by atoms with van der Waals surface area (Å²) in [5.41, 5.74) is 0. The van der Waals surface area contributed by atoms with Crippen molar-refractivity contribution in [3.8, 4) is 0 Å². The molecule has 18 heavy (non-hydrogen) atoms. The summed E-state index contributed by atoms with van der Waals surface area (Å²) >= 11 is 0. The van der Waals surface area contributed by atoms with Crippen LogP contribution >= 0.6 is 12.4 Å². The van der Waals surface area contributed by atoms with Gasteiger partial charge in [-0.25, -0.2) is 9.98 Å². The van der Waals surface area contributed by atoms with Gasteiger partial charge in [0.25, 0.3) is 0 Å². The van der Waals surface area contributed by atoms with Crippen LogP contribution in [0.3, 0.4) is 0 Å². The average molecular weight is 275 g/mol. The van der Waals surface area contributed by atoms with E-state index in [0.717, 1.165) is 25.7 Å². The van der Waals surface area contributed by atoms with E-state index < -0.39 is 0 Å². The molecule has 0 aromatic heterocycles. The van der Waals surface area contributed by atoms with E-state index in [-0.39, 0.29) is 12.4 Å². The van der Waals surface area contributed by atoms with E-state index in [9.17, 15) is 0 Å². The van der Waals surface area contributed by atoms with Gasteiger partial charge in [-0.1, -0.05) is 41.5 Å². The fraction of sp³-hybridized carbons (Fsp3) is 0.933. The van der Waals surface area contributed by atoms with Crippen molar-refractivity contribution in [3.05, 3.63) is 0 Å². The Morgan fingerprint density at radius 2 is 1.11 bits per heavy atom. The first-order valence-corrected chi connectivity index (χ1v) is 7.14. The van der Waals surface area contributed by atoms with Gasteiger partial charge < -0.3 is 0 Å². The molecule has 2 unspecified atom stereocenters. The van der Waals surface area contributed by atoms with Crippen LogP contribution in [0.4, 0.5) is 0 Å². The molecule has 0 aliphatic carbocycles. The Morgan fingerprint density at radius 1 is 0.778 bits per heavy atom. The smallest absolute Gasteiger partial charge is 0.0898 e. The highest BCUT2D eigenvalue weighted by atomic mass is 35.5. The molecule has 0 aliphatic rings. The number of aliphatic imine (C=N–C) groups is 2. The van der Waals surface area contributed by atoms with Crippen LogP contribution in [-0.4, -0.2) is 18.1 Å². The van der Waals surface area contributed by atoms with Crippen molar-refractivity contribution < 1.29 is 0 Å². The summed E-state index contributed by atoms with van der Waals surface area (Å²) in [6.07, 6.45) is 4.45. The third-order valence-electron chi connectivity index (χ3n) is 2.91. The van der Waals surface area contributed by atoms with Gasteiger partial charge in [-0.05, 0) is 37.5 Å². The molecule has 0 heterocycles. The summed E-state index contributed by atoms with van der Waals surface area (Å²) in [5, 5.41) is 0. The average Bonchev–Trinajstić information content (AvgIpc) is 2.25. The van der Waals surface area contributed by atoms with E-state index in [1.54, 1.807) is 0 Å². The molecule has 0 amide bonds. The maximum absolute atomic E-state index is 4.46. The van der Waals surface area contributed by atoms with E-state index in [4.69, 9.17) is 0 Å². The Balaban J connectivity index is 0. The normalized spacial score (nSPS) is 13.8. The van der Waals surface area contributed by atoms with Gasteiger partial charge in [0.15, 0.2) is 0 Å². The van der Waals surface area contributed by atoms with E-state index in [1.807, 2.05) is 0 Å². The molecule has 0 aromatic rings. The lowest BCUT2D eigenvalue weighted by molar-refractivity contribution is 0.482. The quantitative estimate of drug-likeness (QED) is 0.541. The summed E-state index contributed by atoms with van der Waals surface area (Å²) in [5.74, 6) is 1.39. The van der Waals surface area contributed by atoms with Gasteiger partial charge in [0.1, 0.15) is 0 Å². The molecule has 3 heteroatoms. The van der Waals surface area contributed by atoms with E-state index in [2.05, 4.69) is 57.5 Å². The molecule has 2 atom stereocenters. The number of halogens is 1. The first-order valence-electron chi connectivity index (χ1n) is 7.14. The molecule has 108 valence electrons. The van der Waals surface area contributed by atoms with Crippen LogP contribution in [0.1, 0.15) is 67.2 Å². The van der Waals surface area contributed by atoms with Crippen LogP contribution in [-0.2, 0) is 0 Å². The van der Waals surface area contributed by atoms with Crippen LogP contribution in [0, 0.1) is 11.8 Å². The topological polar surface area (TPSA) is 24.7 Å². The summed E-state index contributed by atoms with van der Waals surface area (Å²) in [4.78, 5) is 8.92. The van der Waals surface area contributed by atoms with E-state index in [0.29, 0.717) is 23.9 Å². The Morgan fingerprint density at radius 3 is 1.33 bits per heavy atom. The Kier molecular flexibility index (Phi) is 13.0. The third-order valence-corrected chi connectivity index (χ3v) is 2.91. The molecule has 2 nitrogen and oxygen atoms in total. The molecule has 0 bridgehead atoms. The van der Waals surface area contributed by atoms with Crippen molar-refractivity contribution in [3.63, 3.8) is 0 Å². The molecule has 0 radical (unpaired) electrons. The predicted octanol–water partition coefficient (Wildman–Crippen LogP) is 5.23. The first-order chi connectivity index (χ1) is 7.99. The Labute approximate surface area is 120 Å². The van der Waals surface area contributed by atoms with Crippen LogP contribution in [0.5, 0.6) is 0 Å². The summed E-state index contributed by atoms with van der Waals surface area (Å²) in [6, 6.07) is 3.75. The van der Waals surface area contributed by atoms with Gasteiger partial charge in [0, 0.05) is 0 Å². The molecular formula is C15H31ClN2. The minimum absolute atomic E-state index is 0. The number of rotatable bonds is 8. The van der Waals surface area contributed by atoms with E-state index in [1.165, 1.54) is 0 Å². The predicted molar refractivity (Wildman–Crippen MR) is 84.2 cm³/mol. The van der Waals surface area contributed by atoms with Crippen molar-refractivity contribution in [2.45, 2.75) is 79.3 Å². The highest BCUT2D eigenvalue weighted by molar-refractivity contribution is 5.85. The largest absolute Gasteiger partial charge is 0.222 e. The Bertz CT molecular complexity index is 221. The lowest BCUT2D eigenvalue weighted by atomic mass is 10.0. The van der Waals surface area contributed by atoms with Gasteiger partial charge >= 0.3 is 0 Å². The molecular weight excluding hydrogens is 244 g/mol. The standard InChI is InChI=1S/C15H30N2.ClH/c1-7-14(9-12(3)4)16-11-17-15(8-2)10-13(5)6;/h12-15H,7-10H2,1-6H3;1H. The van der Waals surface area contributed by atoms with Crippen LogP contribution in [0.15, 0.2) is 9.98 Å². The molecule has 0 saturated heterocycles. The highest BCUT2D eigenvalue weighted by Gasteiger charge is 2.07. The van der Waals surface area contributed by atoms with Crippen LogP contribution in [0.2, 0.25) is 0 Å². The lowest BCUT2D eigenvalue weighted by Gasteiger charge is -2.11. The fourth-order valence-corrected chi connectivity index (χ4v) is 1.91. The molecule has 0 aliphatic heterocycles. The van der Waals surface area contributed by atoms with Gasteiger partial charge in [-0.3, -0.25) is 0 Å². The van der Waals surface area contributed by atoms with Gasteiger partial charge in [-0.2, -0.15) is 0 Å². The second-order valence-corrected chi connectivity index (χ2v) is 5.74. The number of hydrogen-bond donors (Lipinski definition) is 0. The maximum atomic E-state index is 4.46. The zero-order chi connectivity index (χ0) is 13.3. The fourth-order valence-electron chi connectivity index (χ4n) is 1.91. The van der Waals surface area contributed by atoms with Crippen LogP contribution < -0.4 is 0 Å². The summed E-state index contributed by atoms with van der Waals surface area (Å²) in [7, 11) is 0. The minimum Gasteiger partial charge on any atom is -0.222 e. The Hall–Kier alpha value is -0.330. The van der Waals surface area contributed by atoms with Crippen molar-refractivity contribution in [1.29, 1.82) is 0 Å². The molecule has 0 fully saturated rings. The van der Waals surface area contributed by atoms with Gasteiger partial charge in [0.05, 0.1) is 18.1 Å². The third kappa shape index (κ3) is 10.8. The van der Waals surface area contributed by atoms with Gasteiger partial charge in [-0.15, -0.1) is 12.4 Å². The van der Waals surface area contributed by atoms with E-state index >= 15 is 0 Å². The summed E-state index contributed by atoms with van der Waals surface area (Å²) in [6.45, 7) is 13.3. The molecule has 0 N–H and O–H groups in total. The summed E-state index contributed by atoms with van der Waals surface area (Å²) < 4.78 is 0. The lowest BCUT2D eigenvalue weighted by Crippen LogP contribution is -2.08. The van der Waals surface area contributed by atoms with Crippen molar-refractivity contribution in [2.75, 3.05) is 0 Å². The minimum atomic E-state index is 0. The van der Waals surface area contributed by atoms with Crippen LogP contribution in [0.25, 0.3) is 0 Å². The monoisotopic (exact) mass is 274 g/mol. The molecule has 0 aromatic carbocycles. The molecule has 0 rings (SSSR count). The second kappa shape index (κ2) is 11.7. The molecule has 0 spiro atoms. The SMILES string of the molecule is CCC(CC(C)C)N=C=NC(CC)CC(C)C.Cl. The van der Waals surface area contributed by atoms with Crippen molar-refractivity contribution in [2.24, 2.45) is 21.8 Å². The van der Waals surface area contributed by atoms with Gasteiger partial charge in [0.2, 0.25) is 0 Å². The zero-order valence-corrected chi connectivity index (χ0v) is 13.8. The number of nitrogens with zero attached hydrogens (tertiary/aromatic N) is 2.